The Morgan fingerprint density at radius 3 is 2.57 bits per heavy atom. The molecule has 2 atom stereocenters. The minimum atomic E-state index is 0.252. The summed E-state index contributed by atoms with van der Waals surface area (Å²) in [6.07, 6.45) is 3.98. The molecule has 0 radical (unpaired) electrons. The van der Waals surface area contributed by atoms with E-state index < -0.39 is 0 Å². The molecule has 1 N–H and O–H groups in total. The number of aryl methyl sites for hydroxylation is 2. The van der Waals surface area contributed by atoms with E-state index in [2.05, 4.69) is 44.8 Å². The van der Waals surface area contributed by atoms with Crippen LogP contribution in [0.4, 0.5) is 0 Å². The first kappa shape index (κ1) is 15.4. The maximum absolute atomic E-state index is 4.77. The van der Waals surface area contributed by atoms with E-state index in [-0.39, 0.29) is 5.54 Å². The summed E-state index contributed by atoms with van der Waals surface area (Å²) in [5.74, 6) is 0.876. The molecule has 1 saturated carbocycles. The normalized spacial score (nSPS) is 34.3. The maximum atomic E-state index is 4.77. The molecule has 2 fully saturated rings. The monoisotopic (exact) mass is 307 g/mol. The Bertz CT molecular complexity index is 503. The third kappa shape index (κ3) is 2.90. The second kappa shape index (κ2) is 5.32. The molecule has 1 aliphatic heterocycles. The number of rotatable bonds is 4. The van der Waals surface area contributed by atoms with Crippen LogP contribution >= 0.6 is 11.3 Å². The molecule has 1 aliphatic carbocycles. The molecule has 2 unspecified atom stereocenters. The van der Waals surface area contributed by atoms with Crippen molar-refractivity contribution >= 4 is 11.3 Å². The van der Waals surface area contributed by atoms with Gasteiger partial charge in [-0.2, -0.15) is 0 Å². The van der Waals surface area contributed by atoms with E-state index in [1.54, 1.807) is 0 Å². The molecule has 0 bridgehead atoms. The van der Waals surface area contributed by atoms with Crippen molar-refractivity contribution in [2.24, 2.45) is 5.92 Å². The Kier molecular flexibility index (Phi) is 3.92. The number of nitrogens with one attached hydrogen (secondary N) is 1. The fourth-order valence-electron chi connectivity index (χ4n) is 3.51. The number of piperazine rings is 1. The standard InChI is InChI=1S/C17H29N3S/c1-6-16(4)10-18-17(5,14-7-8-14)11-20(16)9-15-19-12(2)13(3)21-15/h14,18H,6-11H2,1-5H3. The second-order valence-electron chi connectivity index (χ2n) is 7.50. The lowest BCUT2D eigenvalue weighted by atomic mass is 9.84. The highest BCUT2D eigenvalue weighted by Crippen LogP contribution is 2.43. The Labute approximate surface area is 133 Å². The molecule has 0 aromatic carbocycles. The Morgan fingerprint density at radius 1 is 1.33 bits per heavy atom. The van der Waals surface area contributed by atoms with Gasteiger partial charge in [0.25, 0.3) is 0 Å². The lowest BCUT2D eigenvalue weighted by Crippen LogP contribution is -2.68. The number of thiazole rings is 1. The second-order valence-corrected chi connectivity index (χ2v) is 8.79. The summed E-state index contributed by atoms with van der Waals surface area (Å²) in [6, 6.07) is 0. The highest BCUT2D eigenvalue weighted by molar-refractivity contribution is 7.11. The van der Waals surface area contributed by atoms with Crippen LogP contribution in [0.2, 0.25) is 0 Å². The van der Waals surface area contributed by atoms with Gasteiger partial charge in [0.2, 0.25) is 0 Å². The van der Waals surface area contributed by atoms with Crippen LogP contribution in [0.15, 0.2) is 0 Å². The van der Waals surface area contributed by atoms with Gasteiger partial charge in [-0.05, 0) is 52.9 Å². The summed E-state index contributed by atoms with van der Waals surface area (Å²) in [5.41, 5.74) is 1.76. The number of nitrogens with zero attached hydrogens (tertiary/aromatic N) is 2. The van der Waals surface area contributed by atoms with E-state index in [1.807, 2.05) is 11.3 Å². The molecule has 3 nitrogen and oxygen atoms in total. The Hall–Kier alpha value is -0.450. The van der Waals surface area contributed by atoms with Crippen LogP contribution in [0.25, 0.3) is 0 Å². The van der Waals surface area contributed by atoms with Crippen molar-refractivity contribution in [3.63, 3.8) is 0 Å². The van der Waals surface area contributed by atoms with Crippen molar-refractivity contribution in [3.8, 4) is 0 Å². The summed E-state index contributed by atoms with van der Waals surface area (Å²) in [6.45, 7) is 14.7. The topological polar surface area (TPSA) is 28.2 Å². The zero-order valence-electron chi connectivity index (χ0n) is 14.1. The fourth-order valence-corrected chi connectivity index (χ4v) is 4.46. The van der Waals surface area contributed by atoms with Crippen molar-refractivity contribution in [1.29, 1.82) is 0 Å². The SMILES string of the molecule is CCC1(C)CNC(C)(C2CC2)CN1Cc1nc(C)c(C)s1. The molecular formula is C17H29N3S. The smallest absolute Gasteiger partial charge is 0.107 e. The maximum Gasteiger partial charge on any atom is 0.107 e. The third-order valence-electron chi connectivity index (χ3n) is 5.79. The average Bonchev–Trinajstić information content (AvgIpc) is 3.24. The minimum Gasteiger partial charge on any atom is -0.308 e. The molecule has 1 saturated heterocycles. The molecule has 4 heteroatoms. The van der Waals surface area contributed by atoms with Crippen LogP contribution in [-0.4, -0.2) is 34.1 Å². The first-order valence-electron chi connectivity index (χ1n) is 8.29. The van der Waals surface area contributed by atoms with Gasteiger partial charge in [-0.15, -0.1) is 11.3 Å². The van der Waals surface area contributed by atoms with Gasteiger partial charge in [-0.3, -0.25) is 4.90 Å². The molecule has 1 aromatic rings. The van der Waals surface area contributed by atoms with Crippen LogP contribution in [-0.2, 0) is 6.54 Å². The first-order valence-corrected chi connectivity index (χ1v) is 9.11. The van der Waals surface area contributed by atoms with E-state index in [1.165, 1.54) is 34.8 Å². The predicted molar refractivity (Wildman–Crippen MR) is 89.8 cm³/mol. The zero-order valence-corrected chi connectivity index (χ0v) is 14.9. The largest absolute Gasteiger partial charge is 0.308 e. The van der Waals surface area contributed by atoms with Gasteiger partial charge in [0.1, 0.15) is 5.01 Å². The summed E-state index contributed by atoms with van der Waals surface area (Å²) < 4.78 is 0. The van der Waals surface area contributed by atoms with Gasteiger partial charge >= 0.3 is 0 Å². The summed E-state index contributed by atoms with van der Waals surface area (Å²) in [7, 11) is 0. The van der Waals surface area contributed by atoms with Crippen LogP contribution in [0.3, 0.4) is 0 Å². The van der Waals surface area contributed by atoms with Gasteiger partial charge in [0.05, 0.1) is 12.2 Å². The predicted octanol–water partition coefficient (Wildman–Crippen LogP) is 3.50. The summed E-state index contributed by atoms with van der Waals surface area (Å²) >= 11 is 1.87. The minimum absolute atomic E-state index is 0.252. The van der Waals surface area contributed by atoms with Gasteiger partial charge in [-0.25, -0.2) is 4.98 Å². The van der Waals surface area contributed by atoms with Crippen LogP contribution in [0.1, 0.15) is 55.6 Å². The Balaban J connectivity index is 1.80. The number of aromatic nitrogens is 1. The van der Waals surface area contributed by atoms with Crippen LogP contribution < -0.4 is 5.32 Å². The van der Waals surface area contributed by atoms with Gasteiger partial charge in [0, 0.05) is 29.0 Å². The van der Waals surface area contributed by atoms with Crippen molar-refractivity contribution < 1.29 is 0 Å². The molecule has 2 aliphatic rings. The molecule has 0 amide bonds. The summed E-state index contributed by atoms with van der Waals surface area (Å²) in [5, 5.41) is 5.15. The Morgan fingerprint density at radius 2 is 2.05 bits per heavy atom. The molecule has 3 rings (SSSR count). The first-order chi connectivity index (χ1) is 9.86. The van der Waals surface area contributed by atoms with Crippen LogP contribution in [0, 0.1) is 19.8 Å². The summed E-state index contributed by atoms with van der Waals surface area (Å²) in [4.78, 5) is 8.83. The molecule has 118 valence electrons. The van der Waals surface area contributed by atoms with Crippen LogP contribution in [0.5, 0.6) is 0 Å². The van der Waals surface area contributed by atoms with E-state index in [0.29, 0.717) is 5.54 Å². The van der Waals surface area contributed by atoms with Crippen molar-refractivity contribution in [2.45, 2.75) is 71.5 Å². The third-order valence-corrected chi connectivity index (χ3v) is 6.85. The zero-order chi connectivity index (χ0) is 15.3. The average molecular weight is 308 g/mol. The highest BCUT2D eigenvalue weighted by atomic mass is 32.1. The molecule has 21 heavy (non-hydrogen) atoms. The lowest BCUT2D eigenvalue weighted by molar-refractivity contribution is 0.00419. The van der Waals surface area contributed by atoms with Crippen molar-refractivity contribution in [2.75, 3.05) is 13.1 Å². The quantitative estimate of drug-likeness (QED) is 0.923. The van der Waals surface area contributed by atoms with Gasteiger partial charge in [-0.1, -0.05) is 6.92 Å². The van der Waals surface area contributed by atoms with Crippen molar-refractivity contribution in [3.05, 3.63) is 15.6 Å². The van der Waals surface area contributed by atoms with Gasteiger partial charge < -0.3 is 5.32 Å². The molecule has 1 aromatic heterocycles. The number of hydrogen-bond acceptors (Lipinski definition) is 4. The van der Waals surface area contributed by atoms with E-state index in [9.17, 15) is 0 Å². The lowest BCUT2D eigenvalue weighted by Gasteiger charge is -2.52. The number of hydrogen-bond donors (Lipinski definition) is 1. The van der Waals surface area contributed by atoms with Crippen molar-refractivity contribution in [1.82, 2.24) is 15.2 Å². The molecule has 2 heterocycles. The van der Waals surface area contributed by atoms with E-state index in [0.717, 1.165) is 25.6 Å². The van der Waals surface area contributed by atoms with E-state index >= 15 is 0 Å². The highest BCUT2D eigenvalue weighted by Gasteiger charge is 2.49. The molecule has 0 spiro atoms. The molecular weight excluding hydrogens is 278 g/mol. The van der Waals surface area contributed by atoms with E-state index in [4.69, 9.17) is 4.98 Å². The fraction of sp³-hybridized carbons (Fsp3) is 0.824. The van der Waals surface area contributed by atoms with Gasteiger partial charge in [0.15, 0.2) is 0 Å².